The predicted molar refractivity (Wildman–Crippen MR) is 95.4 cm³/mol. The number of benzene rings is 2. The topological polar surface area (TPSA) is 55.4 Å². The van der Waals surface area contributed by atoms with Crippen molar-refractivity contribution in [3.05, 3.63) is 59.9 Å². The number of ketones is 1. The van der Waals surface area contributed by atoms with Crippen LogP contribution in [0.5, 0.6) is 5.75 Å². The number of Topliss-reactive ketones (excluding diaryl/α,β-unsaturated/α-hetero) is 1. The number of ether oxygens (including phenoxy) is 1. The number of hydrogen-bond donors (Lipinski definition) is 1. The first-order chi connectivity index (χ1) is 12.0. The van der Waals surface area contributed by atoms with Gasteiger partial charge in [-0.1, -0.05) is 12.1 Å². The molecule has 0 fully saturated rings. The lowest BCUT2D eigenvalue weighted by atomic mass is 10.1. The third-order valence-electron chi connectivity index (χ3n) is 3.50. The number of amides is 1. The van der Waals surface area contributed by atoms with E-state index in [2.05, 4.69) is 5.32 Å². The monoisotopic (exact) mass is 343 g/mol. The summed E-state index contributed by atoms with van der Waals surface area (Å²) in [4.78, 5) is 24.1. The summed E-state index contributed by atoms with van der Waals surface area (Å²) >= 11 is 0. The molecule has 0 aliphatic rings. The Hall–Kier alpha value is -2.69. The maximum absolute atomic E-state index is 12.9. The molecule has 0 spiro atoms. The highest BCUT2D eigenvalue weighted by Gasteiger charge is 2.11. The fourth-order valence-corrected chi connectivity index (χ4v) is 2.33. The highest BCUT2D eigenvalue weighted by Crippen LogP contribution is 2.25. The van der Waals surface area contributed by atoms with Crippen LogP contribution in [0.25, 0.3) is 0 Å². The maximum Gasteiger partial charge on any atom is 0.224 e. The van der Waals surface area contributed by atoms with Gasteiger partial charge in [0.2, 0.25) is 5.91 Å². The summed E-state index contributed by atoms with van der Waals surface area (Å²) in [6.45, 7) is 3.83. The van der Waals surface area contributed by atoms with Gasteiger partial charge in [0.15, 0.2) is 5.78 Å². The summed E-state index contributed by atoms with van der Waals surface area (Å²) in [5, 5.41) is 2.81. The minimum atomic E-state index is -0.377. The smallest absolute Gasteiger partial charge is 0.224 e. The number of halogens is 1. The fraction of sp³-hybridized carbons (Fsp3) is 0.300. The van der Waals surface area contributed by atoms with E-state index < -0.39 is 0 Å². The standard InChI is InChI=1S/C20H22FNO3/c1-14(2)25-19-8-4-3-6-17(19)22-20(24)9-5-7-18(23)15-10-12-16(21)13-11-15/h3-4,6,8,10-14H,5,7,9H2,1-2H3,(H,22,24). The molecular formula is C20H22FNO3. The largest absolute Gasteiger partial charge is 0.489 e. The molecule has 0 bridgehead atoms. The van der Waals surface area contributed by atoms with Gasteiger partial charge in [-0.3, -0.25) is 9.59 Å². The van der Waals surface area contributed by atoms with Gasteiger partial charge < -0.3 is 10.1 Å². The van der Waals surface area contributed by atoms with Crippen LogP contribution >= 0.6 is 0 Å². The lowest BCUT2D eigenvalue weighted by Crippen LogP contribution is -2.14. The quantitative estimate of drug-likeness (QED) is 0.713. The van der Waals surface area contributed by atoms with Gasteiger partial charge in [0.25, 0.3) is 0 Å². The van der Waals surface area contributed by atoms with Crippen molar-refractivity contribution in [3.8, 4) is 5.75 Å². The zero-order valence-electron chi connectivity index (χ0n) is 14.4. The molecular weight excluding hydrogens is 321 g/mol. The molecule has 132 valence electrons. The third-order valence-corrected chi connectivity index (χ3v) is 3.50. The molecule has 0 saturated heterocycles. The molecule has 0 heterocycles. The first-order valence-corrected chi connectivity index (χ1v) is 8.30. The van der Waals surface area contributed by atoms with Gasteiger partial charge in [-0.25, -0.2) is 4.39 Å². The number of carbonyl (C=O) groups is 2. The molecule has 25 heavy (non-hydrogen) atoms. The number of carbonyl (C=O) groups excluding carboxylic acids is 2. The lowest BCUT2D eigenvalue weighted by molar-refractivity contribution is -0.116. The van der Waals surface area contributed by atoms with Crippen LogP contribution in [0.1, 0.15) is 43.5 Å². The number of hydrogen-bond acceptors (Lipinski definition) is 3. The zero-order chi connectivity index (χ0) is 18.2. The third kappa shape index (κ3) is 6.03. The molecule has 0 radical (unpaired) electrons. The second-order valence-corrected chi connectivity index (χ2v) is 5.99. The molecule has 0 atom stereocenters. The summed E-state index contributed by atoms with van der Waals surface area (Å²) in [6.07, 6.45) is 0.896. The minimum Gasteiger partial charge on any atom is -0.489 e. The van der Waals surface area contributed by atoms with Crippen LogP contribution in [0.4, 0.5) is 10.1 Å². The first-order valence-electron chi connectivity index (χ1n) is 8.30. The van der Waals surface area contributed by atoms with Gasteiger partial charge in [-0.05, 0) is 56.7 Å². The van der Waals surface area contributed by atoms with E-state index in [9.17, 15) is 14.0 Å². The van der Waals surface area contributed by atoms with Gasteiger partial charge in [-0.15, -0.1) is 0 Å². The average Bonchev–Trinajstić information content (AvgIpc) is 2.56. The van der Waals surface area contributed by atoms with Crippen molar-refractivity contribution in [1.29, 1.82) is 0 Å². The van der Waals surface area contributed by atoms with Gasteiger partial charge in [-0.2, -0.15) is 0 Å². The van der Waals surface area contributed by atoms with Crippen molar-refractivity contribution in [1.82, 2.24) is 0 Å². The molecule has 0 aromatic heterocycles. The zero-order valence-corrected chi connectivity index (χ0v) is 14.4. The van der Waals surface area contributed by atoms with Crippen LogP contribution in [0.3, 0.4) is 0 Å². The van der Waals surface area contributed by atoms with Gasteiger partial charge in [0.1, 0.15) is 11.6 Å². The van der Waals surface area contributed by atoms with Crippen LogP contribution < -0.4 is 10.1 Å². The van der Waals surface area contributed by atoms with Crippen molar-refractivity contribution in [2.24, 2.45) is 0 Å². The van der Waals surface area contributed by atoms with E-state index in [1.54, 1.807) is 12.1 Å². The molecule has 0 saturated carbocycles. The van der Waals surface area contributed by atoms with Crippen molar-refractivity contribution in [3.63, 3.8) is 0 Å². The van der Waals surface area contributed by atoms with E-state index in [0.29, 0.717) is 23.4 Å². The van der Waals surface area contributed by atoms with Crippen LogP contribution in [-0.4, -0.2) is 17.8 Å². The Morgan fingerprint density at radius 2 is 1.72 bits per heavy atom. The Bertz CT molecular complexity index is 726. The molecule has 4 nitrogen and oxygen atoms in total. The molecule has 0 aliphatic carbocycles. The lowest BCUT2D eigenvalue weighted by Gasteiger charge is -2.14. The Labute approximate surface area is 147 Å². The molecule has 0 aliphatic heterocycles. The summed E-state index contributed by atoms with van der Waals surface area (Å²) in [5.41, 5.74) is 1.07. The number of rotatable bonds is 8. The maximum atomic E-state index is 12.9. The van der Waals surface area contributed by atoms with Crippen LogP contribution in [-0.2, 0) is 4.79 Å². The Kier molecular flexibility index (Phi) is 6.69. The van der Waals surface area contributed by atoms with Crippen LogP contribution in [0.15, 0.2) is 48.5 Å². The number of para-hydroxylation sites is 2. The summed E-state index contributed by atoms with van der Waals surface area (Å²) in [7, 11) is 0. The Morgan fingerprint density at radius 3 is 2.40 bits per heavy atom. The molecule has 2 aromatic rings. The molecule has 1 N–H and O–H groups in total. The molecule has 5 heteroatoms. The SMILES string of the molecule is CC(C)Oc1ccccc1NC(=O)CCCC(=O)c1ccc(F)cc1. The Balaban J connectivity index is 1.83. The first kappa shape index (κ1) is 18.6. The second kappa shape index (κ2) is 8.97. The van der Waals surface area contributed by atoms with Crippen LogP contribution in [0.2, 0.25) is 0 Å². The Morgan fingerprint density at radius 1 is 1.04 bits per heavy atom. The van der Waals surface area contributed by atoms with Crippen molar-refractivity contribution >= 4 is 17.4 Å². The van der Waals surface area contributed by atoms with Gasteiger partial charge >= 0.3 is 0 Å². The highest BCUT2D eigenvalue weighted by atomic mass is 19.1. The van der Waals surface area contributed by atoms with Gasteiger partial charge in [0, 0.05) is 18.4 Å². The molecule has 1 amide bonds. The summed E-state index contributed by atoms with van der Waals surface area (Å²) in [5.74, 6) is -0.0329. The number of anilines is 1. The second-order valence-electron chi connectivity index (χ2n) is 5.99. The van der Waals surface area contributed by atoms with E-state index in [4.69, 9.17) is 4.74 Å². The van der Waals surface area contributed by atoms with E-state index >= 15 is 0 Å². The van der Waals surface area contributed by atoms with Crippen molar-refractivity contribution in [2.75, 3.05) is 5.32 Å². The average molecular weight is 343 g/mol. The molecule has 2 aromatic carbocycles. The predicted octanol–water partition coefficient (Wildman–Crippen LogP) is 4.60. The fourth-order valence-electron chi connectivity index (χ4n) is 2.33. The van der Waals surface area contributed by atoms with Crippen molar-refractivity contribution in [2.45, 2.75) is 39.2 Å². The minimum absolute atomic E-state index is 0.00591. The van der Waals surface area contributed by atoms with Gasteiger partial charge in [0.05, 0.1) is 11.8 Å². The van der Waals surface area contributed by atoms with E-state index in [-0.39, 0.29) is 36.5 Å². The van der Waals surface area contributed by atoms with Crippen LogP contribution in [0, 0.1) is 5.82 Å². The van der Waals surface area contributed by atoms with E-state index in [0.717, 1.165) is 0 Å². The van der Waals surface area contributed by atoms with Crippen molar-refractivity contribution < 1.29 is 18.7 Å². The molecule has 0 unspecified atom stereocenters. The van der Waals surface area contributed by atoms with E-state index in [1.807, 2.05) is 26.0 Å². The number of nitrogens with one attached hydrogen (secondary N) is 1. The highest BCUT2D eigenvalue weighted by molar-refractivity contribution is 5.97. The van der Waals surface area contributed by atoms with E-state index in [1.165, 1.54) is 24.3 Å². The summed E-state index contributed by atoms with van der Waals surface area (Å²) < 4.78 is 18.5. The normalized spacial score (nSPS) is 10.6. The summed E-state index contributed by atoms with van der Waals surface area (Å²) in [6, 6.07) is 12.7. The molecule has 2 rings (SSSR count).